The quantitative estimate of drug-likeness (QED) is 0.342. The molecule has 0 aliphatic heterocycles. The SMILES string of the molecule is O=S(=O)(c1ccc(CNS(=O)(=O)C(F)(F)F)cc1)c1cc2ccccc2n1S(=O)(=O)c1cccc(Cl)c1. The van der Waals surface area contributed by atoms with E-state index in [1.54, 1.807) is 12.1 Å². The Bertz CT molecular complexity index is 1820. The Hall–Kier alpha value is -2.91. The average molecular weight is 593 g/mol. The lowest BCUT2D eigenvalue weighted by Crippen LogP contribution is -2.35. The predicted octanol–water partition coefficient (Wildman–Crippen LogP) is 4.30. The Balaban J connectivity index is 1.78. The molecule has 0 saturated heterocycles. The molecule has 0 aliphatic carbocycles. The number of nitrogens with one attached hydrogen (secondary N) is 1. The summed E-state index contributed by atoms with van der Waals surface area (Å²) in [6.07, 6.45) is 0. The predicted molar refractivity (Wildman–Crippen MR) is 130 cm³/mol. The van der Waals surface area contributed by atoms with E-state index in [-0.39, 0.29) is 25.9 Å². The Kier molecular flexibility index (Phi) is 6.92. The van der Waals surface area contributed by atoms with Gasteiger partial charge < -0.3 is 0 Å². The van der Waals surface area contributed by atoms with Gasteiger partial charge in [0.25, 0.3) is 10.0 Å². The molecule has 3 aromatic carbocycles. The molecule has 37 heavy (non-hydrogen) atoms. The number of rotatable bonds is 7. The first-order chi connectivity index (χ1) is 17.1. The molecule has 0 radical (unpaired) electrons. The molecule has 4 rings (SSSR count). The Morgan fingerprint density at radius 3 is 2.05 bits per heavy atom. The first-order valence-corrected chi connectivity index (χ1v) is 14.9. The zero-order chi connectivity index (χ0) is 27.2. The maximum absolute atomic E-state index is 13.6. The van der Waals surface area contributed by atoms with Crippen LogP contribution in [0.3, 0.4) is 0 Å². The maximum atomic E-state index is 13.6. The number of para-hydroxylation sites is 1. The fourth-order valence-electron chi connectivity index (χ4n) is 3.44. The van der Waals surface area contributed by atoms with Gasteiger partial charge in [0.15, 0.2) is 5.03 Å². The van der Waals surface area contributed by atoms with Gasteiger partial charge in [0.1, 0.15) is 0 Å². The number of sulfonamides is 1. The molecule has 4 aromatic rings. The number of alkyl halides is 3. The van der Waals surface area contributed by atoms with Crippen LogP contribution in [0.1, 0.15) is 5.56 Å². The number of hydrogen-bond acceptors (Lipinski definition) is 6. The van der Waals surface area contributed by atoms with E-state index in [0.717, 1.165) is 24.3 Å². The van der Waals surface area contributed by atoms with Crippen LogP contribution < -0.4 is 4.72 Å². The van der Waals surface area contributed by atoms with Crippen LogP contribution in [0.15, 0.2) is 93.7 Å². The summed E-state index contributed by atoms with van der Waals surface area (Å²) in [5, 5.41) is -0.122. The molecule has 0 bridgehead atoms. The van der Waals surface area contributed by atoms with E-state index in [0.29, 0.717) is 9.36 Å². The van der Waals surface area contributed by atoms with Gasteiger partial charge in [-0.3, -0.25) is 0 Å². The molecule has 0 amide bonds. The third-order valence-corrected chi connectivity index (χ3v) is 10.2. The van der Waals surface area contributed by atoms with Crippen molar-refractivity contribution in [3.05, 3.63) is 89.4 Å². The van der Waals surface area contributed by atoms with Gasteiger partial charge in [-0.05, 0) is 48.0 Å². The molecule has 1 heterocycles. The highest BCUT2D eigenvalue weighted by Gasteiger charge is 2.45. The van der Waals surface area contributed by atoms with Gasteiger partial charge in [-0.1, -0.05) is 48.0 Å². The molecule has 0 spiro atoms. The smallest absolute Gasteiger partial charge is 0.222 e. The molecule has 0 fully saturated rings. The van der Waals surface area contributed by atoms with Gasteiger partial charge in [-0.15, -0.1) is 0 Å². The fourth-order valence-corrected chi connectivity index (χ4v) is 7.59. The molecule has 0 saturated carbocycles. The standard InChI is InChI=1S/C22H16ClF3N2O6S3/c23-17-5-3-6-19(13-17)36(31,32)28-20-7-2-1-4-16(20)12-21(28)35(29,30)18-10-8-15(9-11-18)14-27-37(33,34)22(24,25)26/h1-13,27H,14H2. The Morgan fingerprint density at radius 1 is 0.784 bits per heavy atom. The first-order valence-electron chi connectivity index (χ1n) is 10.2. The Labute approximate surface area is 215 Å². The molecule has 15 heteroatoms. The summed E-state index contributed by atoms with van der Waals surface area (Å²) < 4.78 is 116. The lowest BCUT2D eigenvalue weighted by molar-refractivity contribution is -0.0448. The van der Waals surface area contributed by atoms with Gasteiger partial charge in [0.05, 0.1) is 15.3 Å². The molecular formula is C22H16ClF3N2O6S3. The van der Waals surface area contributed by atoms with Crippen LogP contribution in [0.2, 0.25) is 5.02 Å². The van der Waals surface area contributed by atoms with Crippen LogP contribution in [-0.2, 0) is 36.4 Å². The van der Waals surface area contributed by atoms with E-state index in [2.05, 4.69) is 0 Å². The third kappa shape index (κ3) is 5.11. The number of nitrogens with zero attached hydrogens (tertiary/aromatic N) is 1. The first kappa shape index (κ1) is 27.1. The fraction of sp³-hybridized carbons (Fsp3) is 0.0909. The maximum Gasteiger partial charge on any atom is 0.511 e. The number of sulfone groups is 1. The summed E-state index contributed by atoms with van der Waals surface area (Å²) in [4.78, 5) is -0.606. The molecular weight excluding hydrogens is 577 g/mol. The van der Waals surface area contributed by atoms with Gasteiger partial charge in [-0.25, -0.2) is 33.9 Å². The minimum absolute atomic E-state index is 0.0406. The molecule has 1 aromatic heterocycles. The van der Waals surface area contributed by atoms with Gasteiger partial charge in [0, 0.05) is 17.0 Å². The lowest BCUT2D eigenvalue weighted by Gasteiger charge is -2.13. The molecule has 8 nitrogen and oxygen atoms in total. The van der Waals surface area contributed by atoms with Crippen LogP contribution in [0, 0.1) is 0 Å². The van der Waals surface area contributed by atoms with Crippen molar-refractivity contribution in [2.75, 3.05) is 0 Å². The van der Waals surface area contributed by atoms with E-state index in [9.17, 15) is 38.4 Å². The molecule has 1 N–H and O–H groups in total. The highest BCUT2D eigenvalue weighted by atomic mass is 35.5. The van der Waals surface area contributed by atoms with E-state index in [4.69, 9.17) is 11.6 Å². The van der Waals surface area contributed by atoms with Gasteiger partial charge in [0.2, 0.25) is 9.84 Å². The number of halogens is 4. The van der Waals surface area contributed by atoms with Gasteiger partial charge in [-0.2, -0.15) is 13.2 Å². The summed E-state index contributed by atoms with van der Waals surface area (Å²) >= 11 is 5.95. The molecule has 0 unspecified atom stereocenters. The second kappa shape index (κ2) is 9.44. The summed E-state index contributed by atoms with van der Waals surface area (Å²) in [5.74, 6) is 0. The van der Waals surface area contributed by atoms with Crippen LogP contribution in [0.5, 0.6) is 0 Å². The summed E-state index contributed by atoms with van der Waals surface area (Å²) in [6, 6.07) is 16.9. The number of hydrogen-bond donors (Lipinski definition) is 1. The van der Waals surface area contributed by atoms with E-state index >= 15 is 0 Å². The lowest BCUT2D eigenvalue weighted by atomic mass is 10.2. The zero-order valence-electron chi connectivity index (χ0n) is 18.3. The van der Waals surface area contributed by atoms with Crippen molar-refractivity contribution < 1.29 is 38.4 Å². The van der Waals surface area contributed by atoms with Crippen LogP contribution >= 0.6 is 11.6 Å². The van der Waals surface area contributed by atoms with Crippen molar-refractivity contribution in [3.63, 3.8) is 0 Å². The largest absolute Gasteiger partial charge is 0.511 e. The van der Waals surface area contributed by atoms with Crippen molar-refractivity contribution in [2.45, 2.75) is 26.9 Å². The van der Waals surface area contributed by atoms with Crippen molar-refractivity contribution >= 4 is 52.4 Å². The second-order valence-electron chi connectivity index (χ2n) is 7.69. The average Bonchev–Trinajstić information content (AvgIpc) is 3.24. The van der Waals surface area contributed by atoms with Gasteiger partial charge >= 0.3 is 15.5 Å². The minimum atomic E-state index is -5.59. The van der Waals surface area contributed by atoms with Crippen LogP contribution in [0.25, 0.3) is 10.9 Å². The molecule has 0 aliphatic rings. The summed E-state index contributed by atoms with van der Waals surface area (Å²) in [6.45, 7) is -0.744. The van der Waals surface area contributed by atoms with Crippen molar-refractivity contribution in [3.8, 4) is 0 Å². The number of fused-ring (bicyclic) bond motifs is 1. The topological polar surface area (TPSA) is 119 Å². The van der Waals surface area contributed by atoms with Crippen LogP contribution in [0.4, 0.5) is 13.2 Å². The summed E-state index contributed by atoms with van der Waals surface area (Å²) in [7, 11) is -14.5. The molecule has 0 atom stereocenters. The van der Waals surface area contributed by atoms with Crippen molar-refractivity contribution in [1.29, 1.82) is 0 Å². The van der Waals surface area contributed by atoms with E-state index in [1.165, 1.54) is 47.2 Å². The van der Waals surface area contributed by atoms with Crippen molar-refractivity contribution in [1.82, 2.24) is 8.69 Å². The number of benzene rings is 3. The molecule has 196 valence electrons. The monoisotopic (exact) mass is 592 g/mol. The third-order valence-electron chi connectivity index (χ3n) is 5.25. The normalized spacial score (nSPS) is 13.2. The van der Waals surface area contributed by atoms with Crippen LogP contribution in [-0.4, -0.2) is 34.7 Å². The highest BCUT2D eigenvalue weighted by Crippen LogP contribution is 2.32. The number of aromatic nitrogens is 1. The van der Waals surface area contributed by atoms with E-state index in [1.807, 2.05) is 0 Å². The Morgan fingerprint density at radius 2 is 1.43 bits per heavy atom. The highest BCUT2D eigenvalue weighted by molar-refractivity contribution is 7.93. The van der Waals surface area contributed by atoms with E-state index < -0.39 is 47.0 Å². The van der Waals surface area contributed by atoms with Crippen molar-refractivity contribution in [2.24, 2.45) is 0 Å². The summed E-state index contributed by atoms with van der Waals surface area (Å²) in [5.41, 5.74) is -5.36. The zero-order valence-corrected chi connectivity index (χ0v) is 21.6. The second-order valence-corrected chi connectivity index (χ2v) is 13.6. The minimum Gasteiger partial charge on any atom is -0.222 e.